The number of carbonyl (C=O) groups is 2. The second kappa shape index (κ2) is 19.9. The van der Waals surface area contributed by atoms with Crippen LogP contribution in [0.15, 0.2) is 42.6 Å². The van der Waals surface area contributed by atoms with Gasteiger partial charge in [-0.15, -0.1) is 37.2 Å². The standard InChI is InChI=1S/C31H46N6O3.3ClH/c1-35(2)17-14-34-30(38)20-24-11-16-37-23-25(24)7-6-18-40-29-10-9-28(19-26(29)21-32-22-31(37)39)36(3)15-12-27-8-4-5-13-33-27;;;/h4-5,8-10,13,19,24-25,32H,6-7,11-12,14-18,20-23H2,1-3H3,(H,34,38);3*1H/t24-,25-;;;/m0.../s1. The second-order valence-electron chi connectivity index (χ2n) is 11.4. The summed E-state index contributed by atoms with van der Waals surface area (Å²) in [6.45, 7) is 5.25. The third-order valence-electron chi connectivity index (χ3n) is 8.06. The molecule has 242 valence electrons. The van der Waals surface area contributed by atoms with Crippen molar-refractivity contribution in [1.82, 2.24) is 25.4 Å². The number of ether oxygens (including phenoxy) is 1. The van der Waals surface area contributed by atoms with Crippen LogP contribution in [-0.4, -0.2) is 93.6 Å². The van der Waals surface area contributed by atoms with Crippen LogP contribution < -0.4 is 20.3 Å². The van der Waals surface area contributed by atoms with E-state index in [2.05, 4.69) is 50.7 Å². The molecule has 2 aromatic rings. The summed E-state index contributed by atoms with van der Waals surface area (Å²) in [6, 6.07) is 12.3. The molecular weight excluding hydrogens is 611 g/mol. The smallest absolute Gasteiger partial charge is 0.236 e. The number of amides is 2. The average Bonchev–Trinajstić information content (AvgIpc) is 2.96. The third-order valence-corrected chi connectivity index (χ3v) is 8.06. The normalized spacial score (nSPS) is 18.6. The van der Waals surface area contributed by atoms with Crippen LogP contribution in [0.5, 0.6) is 5.75 Å². The molecule has 1 aromatic heterocycles. The SMILES string of the molecule is CN(C)CCNC(=O)C[C@@H]1CCN2C[C@@H]1CCCOc1ccc(N(C)CCc3ccccn3)cc1CNCC2=O.Cl.Cl.Cl. The van der Waals surface area contributed by atoms with Crippen LogP contribution in [0, 0.1) is 11.8 Å². The number of carbonyl (C=O) groups excluding carboxylic acids is 2. The molecule has 1 fully saturated rings. The Hall–Kier alpha value is -2.30. The molecule has 9 nitrogen and oxygen atoms in total. The van der Waals surface area contributed by atoms with E-state index in [1.165, 1.54) is 0 Å². The van der Waals surface area contributed by atoms with Crippen LogP contribution in [0.2, 0.25) is 0 Å². The maximum absolute atomic E-state index is 13.1. The quantitative estimate of drug-likeness (QED) is 0.423. The highest BCUT2D eigenvalue weighted by Crippen LogP contribution is 2.31. The molecule has 43 heavy (non-hydrogen) atoms. The fourth-order valence-electron chi connectivity index (χ4n) is 5.62. The lowest BCUT2D eigenvalue weighted by Crippen LogP contribution is -2.47. The van der Waals surface area contributed by atoms with E-state index in [1.807, 2.05) is 43.4 Å². The van der Waals surface area contributed by atoms with Crippen LogP contribution in [0.4, 0.5) is 5.69 Å². The summed E-state index contributed by atoms with van der Waals surface area (Å²) < 4.78 is 6.27. The maximum atomic E-state index is 13.1. The Kier molecular flexibility index (Phi) is 17.9. The molecule has 0 unspecified atom stereocenters. The molecule has 0 saturated carbocycles. The number of aromatic nitrogens is 1. The summed E-state index contributed by atoms with van der Waals surface area (Å²) >= 11 is 0. The molecule has 2 amide bonds. The highest BCUT2D eigenvalue weighted by molar-refractivity contribution is 5.86. The molecule has 0 radical (unpaired) electrons. The summed E-state index contributed by atoms with van der Waals surface area (Å²) in [4.78, 5) is 36.4. The van der Waals surface area contributed by atoms with Crippen molar-refractivity contribution >= 4 is 54.7 Å². The molecule has 2 aliphatic heterocycles. The fraction of sp³-hybridized carbons (Fsp3) is 0.581. The van der Waals surface area contributed by atoms with Crippen LogP contribution in [-0.2, 0) is 22.6 Å². The maximum Gasteiger partial charge on any atom is 0.236 e. The summed E-state index contributed by atoms with van der Waals surface area (Å²) in [6.07, 6.45) is 5.93. The van der Waals surface area contributed by atoms with Gasteiger partial charge in [-0.2, -0.15) is 0 Å². The molecule has 1 saturated heterocycles. The number of likely N-dealkylation sites (N-methyl/N-ethyl adjacent to an activating group) is 2. The zero-order valence-corrected chi connectivity index (χ0v) is 28.1. The Bertz CT molecular complexity index is 1110. The van der Waals surface area contributed by atoms with Gasteiger partial charge >= 0.3 is 0 Å². The number of piperidine rings is 1. The number of anilines is 1. The Balaban J connectivity index is 0.00000308. The van der Waals surface area contributed by atoms with Gasteiger partial charge in [0.05, 0.1) is 13.2 Å². The number of hydrogen-bond donors (Lipinski definition) is 2. The van der Waals surface area contributed by atoms with Gasteiger partial charge < -0.3 is 30.1 Å². The minimum atomic E-state index is 0. The summed E-state index contributed by atoms with van der Waals surface area (Å²) in [5.74, 6) is 1.70. The van der Waals surface area contributed by atoms with E-state index in [1.54, 1.807) is 0 Å². The van der Waals surface area contributed by atoms with Gasteiger partial charge in [0.25, 0.3) is 0 Å². The van der Waals surface area contributed by atoms with Crippen LogP contribution in [0.25, 0.3) is 0 Å². The summed E-state index contributed by atoms with van der Waals surface area (Å²) in [5.41, 5.74) is 3.24. The minimum absolute atomic E-state index is 0. The Labute approximate surface area is 275 Å². The molecule has 12 heteroatoms. The monoisotopic (exact) mass is 658 g/mol. The lowest BCUT2D eigenvalue weighted by molar-refractivity contribution is -0.133. The van der Waals surface area contributed by atoms with Crippen molar-refractivity contribution in [3.8, 4) is 5.75 Å². The summed E-state index contributed by atoms with van der Waals surface area (Å²) in [7, 11) is 6.10. The van der Waals surface area contributed by atoms with Crippen LogP contribution in [0.1, 0.15) is 36.9 Å². The molecule has 3 heterocycles. The fourth-order valence-corrected chi connectivity index (χ4v) is 5.62. The number of benzene rings is 1. The van der Waals surface area contributed by atoms with Crippen molar-refractivity contribution < 1.29 is 14.3 Å². The molecule has 4 rings (SSSR count). The first-order chi connectivity index (χ1) is 19.4. The second-order valence-corrected chi connectivity index (χ2v) is 11.4. The number of pyridine rings is 1. The first-order valence-corrected chi connectivity index (χ1v) is 14.7. The number of halogens is 3. The number of nitrogens with one attached hydrogen (secondary N) is 2. The molecule has 2 N–H and O–H groups in total. The van der Waals surface area contributed by atoms with E-state index in [9.17, 15) is 9.59 Å². The molecule has 2 aliphatic rings. The Morgan fingerprint density at radius 2 is 1.91 bits per heavy atom. The molecule has 0 spiro atoms. The van der Waals surface area contributed by atoms with E-state index >= 15 is 0 Å². The highest BCUT2D eigenvalue weighted by atomic mass is 35.5. The predicted octanol–water partition coefficient (Wildman–Crippen LogP) is 3.82. The van der Waals surface area contributed by atoms with Crippen LogP contribution in [0.3, 0.4) is 0 Å². The predicted molar refractivity (Wildman–Crippen MR) is 180 cm³/mol. The van der Waals surface area contributed by atoms with Gasteiger partial charge in [-0.05, 0) is 75.5 Å². The summed E-state index contributed by atoms with van der Waals surface area (Å²) in [5, 5.41) is 6.42. The lowest BCUT2D eigenvalue weighted by Gasteiger charge is -2.38. The molecule has 1 aromatic carbocycles. The van der Waals surface area contributed by atoms with Gasteiger partial charge in [-0.3, -0.25) is 14.6 Å². The molecular formula is C31H49Cl3N6O3. The van der Waals surface area contributed by atoms with E-state index in [-0.39, 0.29) is 55.0 Å². The number of rotatable bonds is 9. The molecule has 2 atom stereocenters. The van der Waals surface area contributed by atoms with Crippen molar-refractivity contribution in [3.05, 3.63) is 53.9 Å². The van der Waals surface area contributed by atoms with Crippen LogP contribution >= 0.6 is 37.2 Å². The highest BCUT2D eigenvalue weighted by Gasteiger charge is 2.32. The number of nitrogens with zero attached hydrogens (tertiary/aromatic N) is 4. The van der Waals surface area contributed by atoms with Gasteiger partial charge in [-0.1, -0.05) is 6.07 Å². The van der Waals surface area contributed by atoms with Crippen molar-refractivity contribution in [1.29, 1.82) is 0 Å². The first-order valence-electron chi connectivity index (χ1n) is 14.7. The lowest BCUT2D eigenvalue weighted by atomic mass is 9.80. The number of hydrogen-bond acceptors (Lipinski definition) is 7. The molecule has 0 aliphatic carbocycles. The van der Waals surface area contributed by atoms with Crippen molar-refractivity contribution in [2.45, 2.75) is 38.6 Å². The minimum Gasteiger partial charge on any atom is -0.493 e. The van der Waals surface area contributed by atoms with Gasteiger partial charge in [-0.25, -0.2) is 0 Å². The van der Waals surface area contributed by atoms with Crippen molar-refractivity contribution in [3.63, 3.8) is 0 Å². The van der Waals surface area contributed by atoms with Gasteiger partial charge in [0.15, 0.2) is 0 Å². The largest absolute Gasteiger partial charge is 0.493 e. The zero-order valence-electron chi connectivity index (χ0n) is 25.6. The van der Waals surface area contributed by atoms with Gasteiger partial charge in [0.2, 0.25) is 11.8 Å². The van der Waals surface area contributed by atoms with Gasteiger partial charge in [0.1, 0.15) is 5.75 Å². The number of fused-ring (bicyclic) bond motifs is 3. The van der Waals surface area contributed by atoms with Crippen molar-refractivity contribution in [2.24, 2.45) is 11.8 Å². The Morgan fingerprint density at radius 1 is 1.09 bits per heavy atom. The van der Waals surface area contributed by atoms with E-state index in [0.29, 0.717) is 51.7 Å². The van der Waals surface area contributed by atoms with Gasteiger partial charge in [0, 0.05) is 82.3 Å². The van der Waals surface area contributed by atoms with Crippen molar-refractivity contribution in [2.75, 3.05) is 71.9 Å². The molecule has 2 bridgehead atoms. The van der Waals surface area contributed by atoms with E-state index in [0.717, 1.165) is 61.5 Å². The average molecular weight is 660 g/mol. The Morgan fingerprint density at radius 3 is 2.65 bits per heavy atom. The third kappa shape index (κ3) is 12.3. The van der Waals surface area contributed by atoms with E-state index < -0.39 is 0 Å². The van der Waals surface area contributed by atoms with E-state index in [4.69, 9.17) is 4.74 Å². The zero-order chi connectivity index (χ0) is 28.3. The topological polar surface area (TPSA) is 90.0 Å². The first kappa shape index (κ1) is 38.7.